The van der Waals surface area contributed by atoms with Crippen molar-refractivity contribution in [2.45, 2.75) is 23.8 Å². The van der Waals surface area contributed by atoms with Gasteiger partial charge in [-0.2, -0.15) is 0 Å². The molecule has 0 unspecified atom stereocenters. The maximum atomic E-state index is 12.5. The van der Waals surface area contributed by atoms with Gasteiger partial charge in [-0.3, -0.25) is 0 Å². The number of carboxylic acid groups (broad SMARTS) is 1. The van der Waals surface area contributed by atoms with Crippen molar-refractivity contribution in [1.82, 2.24) is 4.72 Å². The predicted octanol–water partition coefficient (Wildman–Crippen LogP) is 1.25. The summed E-state index contributed by atoms with van der Waals surface area (Å²) in [6.07, 6.45) is 3.89. The van der Waals surface area contributed by atoms with Crippen molar-refractivity contribution in [2.24, 2.45) is 0 Å². The third kappa shape index (κ3) is 4.78. The van der Waals surface area contributed by atoms with Crippen LogP contribution in [0.15, 0.2) is 29.2 Å². The second-order valence-corrected chi connectivity index (χ2v) is 6.80. The lowest BCUT2D eigenvalue weighted by Gasteiger charge is -2.14. The lowest BCUT2D eigenvalue weighted by molar-refractivity contribution is -0.131. The van der Waals surface area contributed by atoms with Gasteiger partial charge in [-0.1, -0.05) is 6.07 Å². The molecule has 2 N–H and O–H groups in total. The van der Waals surface area contributed by atoms with Crippen molar-refractivity contribution in [3.05, 3.63) is 29.8 Å². The second kappa shape index (κ2) is 7.58. The molecule has 1 atom stereocenters. The van der Waals surface area contributed by atoms with Crippen molar-refractivity contribution in [2.75, 3.05) is 20.3 Å². The Labute approximate surface area is 135 Å². The van der Waals surface area contributed by atoms with E-state index in [-0.39, 0.29) is 23.3 Å². The van der Waals surface area contributed by atoms with Crippen LogP contribution in [0.4, 0.5) is 0 Å². The molecule has 0 radical (unpaired) electrons. The summed E-state index contributed by atoms with van der Waals surface area (Å²) in [5.74, 6) is -0.918. The fourth-order valence-corrected chi connectivity index (χ4v) is 3.53. The van der Waals surface area contributed by atoms with Gasteiger partial charge in [0.05, 0.1) is 13.2 Å². The average Bonchev–Trinajstić information content (AvgIpc) is 3.04. The summed E-state index contributed by atoms with van der Waals surface area (Å²) in [4.78, 5) is 10.5. The Hall–Kier alpha value is -1.90. The molecule has 1 aliphatic heterocycles. The highest BCUT2D eigenvalue weighted by atomic mass is 32.2. The van der Waals surface area contributed by atoms with Gasteiger partial charge in [-0.25, -0.2) is 17.9 Å². The van der Waals surface area contributed by atoms with Crippen molar-refractivity contribution < 1.29 is 27.8 Å². The zero-order valence-corrected chi connectivity index (χ0v) is 13.5. The first-order valence-electron chi connectivity index (χ1n) is 7.12. The highest BCUT2D eigenvalue weighted by Gasteiger charge is 2.23. The van der Waals surface area contributed by atoms with Crippen LogP contribution in [-0.4, -0.2) is 45.9 Å². The van der Waals surface area contributed by atoms with Gasteiger partial charge in [0.2, 0.25) is 10.0 Å². The fourth-order valence-electron chi connectivity index (χ4n) is 2.26. The summed E-state index contributed by atoms with van der Waals surface area (Å²) in [5, 5.41) is 8.65. The topological polar surface area (TPSA) is 102 Å². The molecule has 1 aliphatic rings. The van der Waals surface area contributed by atoms with Crippen LogP contribution in [0.2, 0.25) is 0 Å². The van der Waals surface area contributed by atoms with Crippen LogP contribution in [0.1, 0.15) is 18.4 Å². The number of carbonyl (C=O) groups is 1. The smallest absolute Gasteiger partial charge is 0.328 e. The van der Waals surface area contributed by atoms with Gasteiger partial charge in [0.25, 0.3) is 0 Å². The number of ether oxygens (including phenoxy) is 2. The van der Waals surface area contributed by atoms with E-state index >= 15 is 0 Å². The Morgan fingerprint density at radius 1 is 1.52 bits per heavy atom. The first-order chi connectivity index (χ1) is 10.9. The third-order valence-electron chi connectivity index (χ3n) is 3.42. The molecule has 126 valence electrons. The Kier molecular flexibility index (Phi) is 5.75. The molecule has 0 aromatic heterocycles. The van der Waals surface area contributed by atoms with Crippen molar-refractivity contribution in [3.63, 3.8) is 0 Å². The van der Waals surface area contributed by atoms with E-state index in [2.05, 4.69) is 4.72 Å². The van der Waals surface area contributed by atoms with Crippen LogP contribution in [0.5, 0.6) is 5.75 Å². The number of nitrogens with one attached hydrogen (secondary N) is 1. The quantitative estimate of drug-likeness (QED) is 0.724. The molecule has 0 spiro atoms. The summed E-state index contributed by atoms with van der Waals surface area (Å²) in [7, 11) is -2.41. The largest absolute Gasteiger partial charge is 0.495 e. The van der Waals surface area contributed by atoms with E-state index < -0.39 is 16.0 Å². The molecule has 23 heavy (non-hydrogen) atoms. The molecular weight excluding hydrogens is 322 g/mol. The molecular formula is C15H19NO6S. The number of methoxy groups -OCH3 is 1. The number of hydrogen-bond acceptors (Lipinski definition) is 5. The zero-order valence-electron chi connectivity index (χ0n) is 12.7. The average molecular weight is 341 g/mol. The minimum atomic E-state index is -3.79. The first-order valence-corrected chi connectivity index (χ1v) is 8.61. The Balaban J connectivity index is 2.23. The summed E-state index contributed by atoms with van der Waals surface area (Å²) in [6.45, 7) is 0.839. The Morgan fingerprint density at radius 3 is 2.91 bits per heavy atom. The van der Waals surface area contributed by atoms with Gasteiger partial charge in [0, 0.05) is 19.2 Å². The normalized spacial score (nSPS) is 18.4. The minimum Gasteiger partial charge on any atom is -0.495 e. The van der Waals surface area contributed by atoms with E-state index in [9.17, 15) is 13.2 Å². The van der Waals surface area contributed by atoms with E-state index in [1.54, 1.807) is 6.07 Å². The number of carboxylic acids is 1. The van der Waals surface area contributed by atoms with Crippen LogP contribution < -0.4 is 9.46 Å². The number of rotatable bonds is 7. The van der Waals surface area contributed by atoms with Crippen molar-refractivity contribution in [1.29, 1.82) is 0 Å². The molecule has 0 aliphatic carbocycles. The molecule has 0 saturated carbocycles. The maximum Gasteiger partial charge on any atom is 0.328 e. The zero-order chi connectivity index (χ0) is 16.9. The first kappa shape index (κ1) is 17.5. The van der Waals surface area contributed by atoms with Crippen LogP contribution in [0.25, 0.3) is 6.08 Å². The van der Waals surface area contributed by atoms with Gasteiger partial charge in [0.15, 0.2) is 0 Å². The van der Waals surface area contributed by atoms with Gasteiger partial charge in [-0.05, 0) is 36.6 Å². The molecule has 1 fully saturated rings. The van der Waals surface area contributed by atoms with Crippen molar-refractivity contribution in [3.8, 4) is 5.75 Å². The van der Waals surface area contributed by atoms with Crippen LogP contribution in [0, 0.1) is 0 Å². The van der Waals surface area contributed by atoms with Crippen LogP contribution in [-0.2, 0) is 19.6 Å². The van der Waals surface area contributed by atoms with Gasteiger partial charge >= 0.3 is 5.97 Å². The minimum absolute atomic E-state index is 0.0365. The number of benzene rings is 1. The van der Waals surface area contributed by atoms with Gasteiger partial charge in [-0.15, -0.1) is 0 Å². The van der Waals surface area contributed by atoms with E-state index in [1.165, 1.54) is 25.3 Å². The van der Waals surface area contributed by atoms with E-state index in [1.807, 2.05) is 0 Å². The fraction of sp³-hybridized carbons (Fsp3) is 0.400. The molecule has 0 amide bonds. The van der Waals surface area contributed by atoms with E-state index in [0.717, 1.165) is 18.9 Å². The molecule has 7 nitrogen and oxygen atoms in total. The summed E-state index contributed by atoms with van der Waals surface area (Å²) in [6, 6.07) is 4.44. The number of sulfonamides is 1. The number of aliphatic carboxylic acids is 1. The Morgan fingerprint density at radius 2 is 2.30 bits per heavy atom. The highest BCUT2D eigenvalue weighted by molar-refractivity contribution is 7.89. The molecule has 1 saturated heterocycles. The predicted molar refractivity (Wildman–Crippen MR) is 83.8 cm³/mol. The second-order valence-electron chi connectivity index (χ2n) is 5.07. The monoisotopic (exact) mass is 341 g/mol. The molecule has 1 aromatic rings. The van der Waals surface area contributed by atoms with Gasteiger partial charge in [0.1, 0.15) is 10.6 Å². The molecule has 2 rings (SSSR count). The van der Waals surface area contributed by atoms with E-state index in [4.69, 9.17) is 14.6 Å². The lowest BCUT2D eigenvalue weighted by atomic mass is 10.2. The summed E-state index contributed by atoms with van der Waals surface area (Å²) >= 11 is 0. The lowest BCUT2D eigenvalue weighted by Crippen LogP contribution is -2.32. The van der Waals surface area contributed by atoms with Crippen LogP contribution in [0.3, 0.4) is 0 Å². The number of hydrogen-bond donors (Lipinski definition) is 2. The SMILES string of the molecule is COc1ccc(/C=C/C(=O)O)cc1S(=O)(=O)NC[C@H]1CCCO1. The van der Waals surface area contributed by atoms with Crippen molar-refractivity contribution >= 4 is 22.1 Å². The molecule has 1 heterocycles. The van der Waals surface area contributed by atoms with Crippen LogP contribution >= 0.6 is 0 Å². The standard InChI is InChI=1S/C15H19NO6S/c1-21-13-6-4-11(5-7-15(17)18)9-14(13)23(19,20)16-10-12-3-2-8-22-12/h4-7,9,12,16H,2-3,8,10H2,1H3,(H,17,18)/b7-5+/t12-/m1/s1. The van der Waals surface area contributed by atoms with E-state index in [0.29, 0.717) is 12.2 Å². The molecule has 8 heteroatoms. The molecule has 0 bridgehead atoms. The van der Waals surface area contributed by atoms with Gasteiger partial charge < -0.3 is 14.6 Å². The summed E-state index contributed by atoms with van der Waals surface area (Å²) < 4.78 is 37.9. The Bertz CT molecular complexity index is 692. The molecule has 1 aromatic carbocycles. The third-order valence-corrected chi connectivity index (χ3v) is 4.87. The summed E-state index contributed by atoms with van der Waals surface area (Å²) in [5.41, 5.74) is 0.450. The highest BCUT2D eigenvalue weighted by Crippen LogP contribution is 2.25. The maximum absolute atomic E-state index is 12.5.